The van der Waals surface area contributed by atoms with Gasteiger partial charge in [-0.2, -0.15) is 0 Å². The molecule has 0 aliphatic heterocycles. The molecule has 1 rings (SSSR count). The van der Waals surface area contributed by atoms with Crippen molar-refractivity contribution in [2.24, 2.45) is 5.73 Å². The molecule has 0 bridgehead atoms. The number of aliphatic hydroxyl groups excluding tert-OH is 1. The van der Waals surface area contributed by atoms with Crippen LogP contribution in [0.4, 0.5) is 0 Å². The van der Waals surface area contributed by atoms with E-state index in [0.717, 1.165) is 0 Å². The largest absolute Gasteiger partial charge is 0.507 e. The highest BCUT2D eigenvalue weighted by atomic mass is 16.3. The second kappa shape index (κ2) is 3.37. The van der Waals surface area contributed by atoms with E-state index in [1.807, 2.05) is 0 Å². The van der Waals surface area contributed by atoms with Crippen LogP contribution in [0.25, 0.3) is 0 Å². The lowest BCUT2D eigenvalue weighted by Gasteiger charge is -2.04. The highest BCUT2D eigenvalue weighted by molar-refractivity contribution is 5.39. The van der Waals surface area contributed by atoms with Crippen LogP contribution < -0.4 is 5.73 Å². The van der Waals surface area contributed by atoms with E-state index >= 15 is 0 Å². The summed E-state index contributed by atoms with van der Waals surface area (Å²) in [5.74, 6) is 0.109. The van der Waals surface area contributed by atoms with Crippen molar-refractivity contribution in [2.75, 3.05) is 0 Å². The molecule has 0 spiro atoms. The van der Waals surface area contributed by atoms with Crippen LogP contribution in [-0.2, 0) is 13.2 Å². The van der Waals surface area contributed by atoms with Crippen LogP contribution in [-0.4, -0.2) is 10.2 Å². The molecule has 0 aliphatic carbocycles. The van der Waals surface area contributed by atoms with Gasteiger partial charge in [-0.05, 0) is 0 Å². The smallest absolute Gasteiger partial charge is 0.125 e. The number of para-hydroxylation sites is 1. The maximum absolute atomic E-state index is 9.35. The normalized spacial score (nSPS) is 10.0. The fraction of sp³-hybridized carbons (Fsp3) is 0.250. The van der Waals surface area contributed by atoms with Crippen molar-refractivity contribution in [2.45, 2.75) is 13.2 Å². The Hall–Kier alpha value is -1.06. The van der Waals surface area contributed by atoms with Crippen LogP contribution in [0.1, 0.15) is 11.1 Å². The van der Waals surface area contributed by atoms with E-state index in [4.69, 9.17) is 10.8 Å². The van der Waals surface area contributed by atoms with Crippen molar-refractivity contribution >= 4 is 0 Å². The molecule has 1 aromatic carbocycles. The lowest BCUT2D eigenvalue weighted by atomic mass is 10.1. The van der Waals surface area contributed by atoms with Gasteiger partial charge in [0.1, 0.15) is 5.75 Å². The van der Waals surface area contributed by atoms with Gasteiger partial charge in [0.2, 0.25) is 0 Å². The van der Waals surface area contributed by atoms with Gasteiger partial charge >= 0.3 is 0 Å². The van der Waals surface area contributed by atoms with Gasteiger partial charge in [0.15, 0.2) is 0 Å². The molecule has 4 N–H and O–H groups in total. The standard InChI is InChI=1S/C8H11NO2/c9-4-6-2-1-3-7(5-10)8(6)11/h1-3,10-11H,4-5,9H2. The van der Waals surface area contributed by atoms with Gasteiger partial charge in [-0.1, -0.05) is 18.2 Å². The average Bonchev–Trinajstić information content (AvgIpc) is 2.05. The Bertz CT molecular complexity index is 226. The minimum absolute atomic E-state index is 0.109. The van der Waals surface area contributed by atoms with Crippen molar-refractivity contribution in [1.82, 2.24) is 0 Å². The molecule has 3 nitrogen and oxygen atoms in total. The molecule has 0 fully saturated rings. The third-order valence-corrected chi connectivity index (χ3v) is 1.59. The number of phenols is 1. The van der Waals surface area contributed by atoms with Gasteiger partial charge in [-0.3, -0.25) is 0 Å². The topological polar surface area (TPSA) is 66.5 Å². The van der Waals surface area contributed by atoms with E-state index in [1.54, 1.807) is 18.2 Å². The monoisotopic (exact) mass is 153 g/mol. The minimum atomic E-state index is -0.153. The summed E-state index contributed by atoms with van der Waals surface area (Å²) in [6.45, 7) is 0.138. The molecule has 0 radical (unpaired) electrons. The Kier molecular flexibility index (Phi) is 2.46. The SMILES string of the molecule is NCc1cccc(CO)c1O. The summed E-state index contributed by atoms with van der Waals surface area (Å²) in [7, 11) is 0. The number of hydrogen-bond donors (Lipinski definition) is 3. The Morgan fingerprint density at radius 1 is 1.27 bits per heavy atom. The first-order valence-electron chi connectivity index (χ1n) is 3.40. The molecule has 0 heterocycles. The summed E-state index contributed by atoms with van der Waals surface area (Å²) < 4.78 is 0. The molecule has 0 unspecified atom stereocenters. The van der Waals surface area contributed by atoms with Crippen molar-refractivity contribution < 1.29 is 10.2 Å². The molecule has 60 valence electrons. The van der Waals surface area contributed by atoms with E-state index < -0.39 is 0 Å². The van der Waals surface area contributed by atoms with Crippen LogP contribution in [0.5, 0.6) is 5.75 Å². The molecule has 0 atom stereocenters. The Balaban J connectivity index is 3.10. The Labute approximate surface area is 65.1 Å². The van der Waals surface area contributed by atoms with Crippen LogP contribution in [0.15, 0.2) is 18.2 Å². The maximum Gasteiger partial charge on any atom is 0.125 e. The van der Waals surface area contributed by atoms with Crippen LogP contribution in [0.2, 0.25) is 0 Å². The number of aromatic hydroxyl groups is 1. The van der Waals surface area contributed by atoms with Crippen LogP contribution in [0, 0.1) is 0 Å². The van der Waals surface area contributed by atoms with Gasteiger partial charge in [0.25, 0.3) is 0 Å². The predicted octanol–water partition coefficient (Wildman–Crippen LogP) is 0.343. The van der Waals surface area contributed by atoms with Crippen LogP contribution in [0.3, 0.4) is 0 Å². The molecule has 0 saturated heterocycles. The predicted molar refractivity (Wildman–Crippen MR) is 41.9 cm³/mol. The lowest BCUT2D eigenvalue weighted by molar-refractivity contribution is 0.275. The van der Waals surface area contributed by atoms with Crippen molar-refractivity contribution in [3.63, 3.8) is 0 Å². The van der Waals surface area contributed by atoms with Gasteiger partial charge in [0, 0.05) is 17.7 Å². The summed E-state index contributed by atoms with van der Waals surface area (Å²) in [4.78, 5) is 0. The fourth-order valence-corrected chi connectivity index (χ4v) is 0.937. The molecular weight excluding hydrogens is 142 g/mol. The van der Waals surface area contributed by atoms with E-state index in [-0.39, 0.29) is 12.4 Å². The molecule has 3 heteroatoms. The van der Waals surface area contributed by atoms with Crippen molar-refractivity contribution in [1.29, 1.82) is 0 Å². The maximum atomic E-state index is 9.35. The fourth-order valence-electron chi connectivity index (χ4n) is 0.937. The molecular formula is C8H11NO2. The molecule has 0 saturated carbocycles. The number of rotatable bonds is 2. The van der Waals surface area contributed by atoms with Gasteiger partial charge in [0.05, 0.1) is 6.61 Å². The molecule has 0 aliphatic rings. The van der Waals surface area contributed by atoms with Gasteiger partial charge in [-0.15, -0.1) is 0 Å². The average molecular weight is 153 g/mol. The summed E-state index contributed by atoms with van der Waals surface area (Å²) in [5.41, 5.74) is 6.52. The second-order valence-corrected chi connectivity index (χ2v) is 2.29. The minimum Gasteiger partial charge on any atom is -0.507 e. The van der Waals surface area contributed by atoms with Crippen LogP contribution >= 0.6 is 0 Å². The zero-order valence-electron chi connectivity index (χ0n) is 6.12. The summed E-state index contributed by atoms with van der Waals surface area (Å²) in [6, 6.07) is 5.15. The Morgan fingerprint density at radius 2 is 1.91 bits per heavy atom. The first kappa shape index (κ1) is 8.04. The van der Waals surface area contributed by atoms with Crippen molar-refractivity contribution in [3.8, 4) is 5.75 Å². The third kappa shape index (κ3) is 1.50. The molecule has 0 aromatic heterocycles. The van der Waals surface area contributed by atoms with E-state index in [2.05, 4.69) is 0 Å². The first-order chi connectivity index (χ1) is 5.29. The number of hydrogen-bond acceptors (Lipinski definition) is 3. The van der Waals surface area contributed by atoms with Gasteiger partial charge in [-0.25, -0.2) is 0 Å². The number of benzene rings is 1. The number of nitrogens with two attached hydrogens (primary N) is 1. The van der Waals surface area contributed by atoms with Gasteiger partial charge < -0.3 is 15.9 Å². The lowest BCUT2D eigenvalue weighted by Crippen LogP contribution is -1.98. The third-order valence-electron chi connectivity index (χ3n) is 1.59. The first-order valence-corrected chi connectivity index (χ1v) is 3.40. The quantitative estimate of drug-likeness (QED) is 0.574. The summed E-state index contributed by atoms with van der Waals surface area (Å²) >= 11 is 0. The molecule has 11 heavy (non-hydrogen) atoms. The Morgan fingerprint density at radius 3 is 2.45 bits per heavy atom. The highest BCUT2D eigenvalue weighted by Gasteiger charge is 2.02. The van der Waals surface area contributed by atoms with Crippen molar-refractivity contribution in [3.05, 3.63) is 29.3 Å². The molecule has 1 aromatic rings. The van der Waals surface area contributed by atoms with E-state index in [0.29, 0.717) is 17.7 Å². The zero-order valence-corrected chi connectivity index (χ0v) is 6.12. The molecule has 0 amide bonds. The van der Waals surface area contributed by atoms with E-state index in [9.17, 15) is 5.11 Å². The highest BCUT2D eigenvalue weighted by Crippen LogP contribution is 2.21. The number of aliphatic hydroxyl groups is 1. The zero-order chi connectivity index (χ0) is 8.27. The van der Waals surface area contributed by atoms with E-state index in [1.165, 1.54) is 0 Å². The summed E-state index contributed by atoms with van der Waals surface area (Å²) in [5, 5.41) is 18.1. The summed E-state index contributed by atoms with van der Waals surface area (Å²) in [6.07, 6.45) is 0. The second-order valence-electron chi connectivity index (χ2n) is 2.29.